The Bertz CT molecular complexity index is 1850. The number of phosphoric ester groups is 2. The summed E-state index contributed by atoms with van der Waals surface area (Å²) in [6, 6.07) is 0. The molecule has 0 bridgehead atoms. The Morgan fingerprint density at radius 1 is 0.298 bits per heavy atom. The van der Waals surface area contributed by atoms with Crippen LogP contribution >= 0.6 is 15.6 Å². The molecule has 0 aromatic heterocycles. The number of carbonyl (C=O) groups excluding carboxylic acids is 4. The number of unbranched alkanes of at least 4 members (excludes halogenated alkanes) is 37. The van der Waals surface area contributed by atoms with Gasteiger partial charge >= 0.3 is 39.5 Å². The molecule has 17 nitrogen and oxygen atoms in total. The molecule has 0 radical (unpaired) electrons. The number of rotatable bonds is 72. The number of phosphoric acid groups is 2. The van der Waals surface area contributed by atoms with Gasteiger partial charge in [-0.25, -0.2) is 9.13 Å². The van der Waals surface area contributed by atoms with Crippen molar-refractivity contribution in [1.29, 1.82) is 0 Å². The van der Waals surface area contributed by atoms with Gasteiger partial charge in [0.05, 0.1) is 26.4 Å². The number of hydrogen-bond donors (Lipinski definition) is 3. The van der Waals surface area contributed by atoms with E-state index in [4.69, 9.17) is 37.0 Å². The Morgan fingerprint density at radius 2 is 0.511 bits per heavy atom. The van der Waals surface area contributed by atoms with Crippen molar-refractivity contribution in [3.05, 3.63) is 0 Å². The van der Waals surface area contributed by atoms with Crippen molar-refractivity contribution >= 4 is 39.5 Å². The van der Waals surface area contributed by atoms with Crippen LogP contribution in [-0.4, -0.2) is 96.7 Å². The summed E-state index contributed by atoms with van der Waals surface area (Å²) in [4.78, 5) is 72.8. The highest BCUT2D eigenvalue weighted by Crippen LogP contribution is 2.45. The molecule has 558 valence electrons. The van der Waals surface area contributed by atoms with Crippen LogP contribution in [0.15, 0.2) is 0 Å². The van der Waals surface area contributed by atoms with E-state index >= 15 is 0 Å². The van der Waals surface area contributed by atoms with Crippen LogP contribution in [0.5, 0.6) is 0 Å². The molecule has 6 atom stereocenters. The van der Waals surface area contributed by atoms with Gasteiger partial charge in [-0.05, 0) is 49.4 Å². The summed E-state index contributed by atoms with van der Waals surface area (Å²) in [7, 11) is -9.91. The minimum Gasteiger partial charge on any atom is -0.462 e. The zero-order chi connectivity index (χ0) is 69.6. The molecule has 0 fully saturated rings. The lowest BCUT2D eigenvalue weighted by Crippen LogP contribution is -2.30. The first-order valence-electron chi connectivity index (χ1n) is 38.7. The molecule has 0 rings (SSSR count). The lowest BCUT2D eigenvalue weighted by atomic mass is 9.99. The normalized spacial score (nSPS) is 14.4. The maximum atomic E-state index is 13.1. The van der Waals surface area contributed by atoms with E-state index in [1.165, 1.54) is 180 Å². The number of aliphatic hydroxyl groups is 1. The molecular weight excluding hydrogens is 1230 g/mol. The van der Waals surface area contributed by atoms with Crippen LogP contribution in [0.4, 0.5) is 0 Å². The molecule has 0 aliphatic rings. The zero-order valence-corrected chi connectivity index (χ0v) is 63.4. The van der Waals surface area contributed by atoms with Gasteiger partial charge in [0.25, 0.3) is 0 Å². The largest absolute Gasteiger partial charge is 0.472 e. The molecule has 0 aromatic rings. The van der Waals surface area contributed by atoms with E-state index in [1.807, 2.05) is 0 Å². The average molecular weight is 1380 g/mol. The quantitative estimate of drug-likeness (QED) is 0.0222. The van der Waals surface area contributed by atoms with Crippen molar-refractivity contribution in [2.75, 3.05) is 39.6 Å². The molecule has 94 heavy (non-hydrogen) atoms. The molecule has 0 heterocycles. The standard InChI is InChI=1S/C75H146O17P2/c1-9-68(8)54-46-38-30-24-26-32-40-48-56-73(78)86-62-71(91-74(79)57-49-41-33-21-17-13-11-10-12-15-19-27-35-43-51-65(2)3)64-90-94(83,84)88-60-69(76)59-87-93(81,82)89-63-70(61-85-72(77)55-47-39-31-25-23-29-37-45-53-67(6)7)92-75(80)58-50-42-34-22-18-14-16-20-28-36-44-52-66(4)5/h65-71,76H,9-64H2,1-8H3,(H,81,82)(H,83,84)/t68?,69?,70-,71-/m1/s1. The Hall–Kier alpha value is -1.94. The van der Waals surface area contributed by atoms with Gasteiger partial charge in [-0.1, -0.05) is 325 Å². The van der Waals surface area contributed by atoms with Gasteiger partial charge in [-0.15, -0.1) is 0 Å². The molecule has 0 amide bonds. The van der Waals surface area contributed by atoms with E-state index in [9.17, 15) is 43.2 Å². The predicted octanol–water partition coefficient (Wildman–Crippen LogP) is 21.7. The maximum absolute atomic E-state index is 13.1. The number of ether oxygens (including phenoxy) is 4. The first-order valence-corrected chi connectivity index (χ1v) is 41.7. The van der Waals surface area contributed by atoms with Gasteiger partial charge in [-0.3, -0.25) is 37.3 Å². The Kier molecular flexibility index (Phi) is 63.1. The maximum Gasteiger partial charge on any atom is 0.472 e. The molecule has 0 aliphatic heterocycles. The minimum atomic E-state index is -4.96. The second-order valence-electron chi connectivity index (χ2n) is 28.7. The summed E-state index contributed by atoms with van der Waals surface area (Å²) in [5, 5.41) is 10.6. The second-order valence-corrected chi connectivity index (χ2v) is 31.6. The van der Waals surface area contributed by atoms with E-state index in [1.54, 1.807) is 0 Å². The molecule has 19 heteroatoms. The van der Waals surface area contributed by atoms with Crippen LogP contribution in [0.25, 0.3) is 0 Å². The average Bonchev–Trinajstić information content (AvgIpc) is 1.48. The minimum absolute atomic E-state index is 0.105. The Labute approximate surface area is 575 Å². The molecular formula is C75H146O17P2. The third-order valence-corrected chi connectivity index (χ3v) is 19.6. The summed E-state index contributed by atoms with van der Waals surface area (Å²) >= 11 is 0. The number of carbonyl (C=O) groups is 4. The number of esters is 4. The lowest BCUT2D eigenvalue weighted by molar-refractivity contribution is -0.161. The van der Waals surface area contributed by atoms with Gasteiger partial charge < -0.3 is 33.8 Å². The van der Waals surface area contributed by atoms with Crippen LogP contribution in [0, 0.1) is 23.7 Å². The third kappa shape index (κ3) is 67.3. The van der Waals surface area contributed by atoms with Gasteiger partial charge in [0.2, 0.25) is 0 Å². The van der Waals surface area contributed by atoms with Crippen LogP contribution < -0.4 is 0 Å². The van der Waals surface area contributed by atoms with Crippen molar-refractivity contribution in [3.8, 4) is 0 Å². The smallest absolute Gasteiger partial charge is 0.462 e. The fourth-order valence-corrected chi connectivity index (χ4v) is 12.9. The van der Waals surface area contributed by atoms with E-state index < -0.39 is 97.5 Å². The van der Waals surface area contributed by atoms with Crippen molar-refractivity contribution < 1.29 is 80.2 Å². The first kappa shape index (κ1) is 92.1. The molecule has 0 spiro atoms. The molecule has 0 saturated heterocycles. The summed E-state index contributed by atoms with van der Waals surface area (Å²) in [6.45, 7) is 14.2. The van der Waals surface area contributed by atoms with Crippen LogP contribution in [0.2, 0.25) is 0 Å². The fourth-order valence-electron chi connectivity index (χ4n) is 11.3. The molecule has 0 aromatic carbocycles. The first-order chi connectivity index (χ1) is 45.1. The second kappa shape index (κ2) is 64.4. The molecule has 0 aliphatic carbocycles. The summed E-state index contributed by atoms with van der Waals surface area (Å²) in [5.74, 6) is 0.942. The number of aliphatic hydroxyl groups excluding tert-OH is 1. The van der Waals surface area contributed by atoms with Gasteiger partial charge in [0, 0.05) is 25.7 Å². The van der Waals surface area contributed by atoms with E-state index in [0.29, 0.717) is 25.7 Å². The van der Waals surface area contributed by atoms with Crippen molar-refractivity contribution in [2.24, 2.45) is 23.7 Å². The number of hydrogen-bond acceptors (Lipinski definition) is 15. The lowest BCUT2D eigenvalue weighted by Gasteiger charge is -2.21. The highest BCUT2D eigenvalue weighted by atomic mass is 31.2. The Morgan fingerprint density at radius 3 is 0.755 bits per heavy atom. The summed E-state index contributed by atoms with van der Waals surface area (Å²) in [5.41, 5.74) is 0. The van der Waals surface area contributed by atoms with Gasteiger partial charge in [-0.2, -0.15) is 0 Å². The van der Waals surface area contributed by atoms with Crippen molar-refractivity contribution in [1.82, 2.24) is 0 Å². The molecule has 4 unspecified atom stereocenters. The van der Waals surface area contributed by atoms with Gasteiger partial charge in [0.1, 0.15) is 19.3 Å². The zero-order valence-electron chi connectivity index (χ0n) is 61.6. The van der Waals surface area contributed by atoms with Gasteiger partial charge in [0.15, 0.2) is 12.2 Å². The third-order valence-electron chi connectivity index (χ3n) is 17.7. The van der Waals surface area contributed by atoms with Crippen LogP contribution in [-0.2, 0) is 65.4 Å². The monoisotopic (exact) mass is 1380 g/mol. The predicted molar refractivity (Wildman–Crippen MR) is 381 cm³/mol. The van der Waals surface area contributed by atoms with Crippen molar-refractivity contribution in [2.45, 2.75) is 395 Å². The molecule has 0 saturated carbocycles. The molecule has 3 N–H and O–H groups in total. The highest BCUT2D eigenvalue weighted by molar-refractivity contribution is 7.47. The summed E-state index contributed by atoms with van der Waals surface area (Å²) in [6.07, 6.45) is 48.5. The SMILES string of the molecule is CCC(C)CCCCCCCCCCC(=O)OC[C@H](COP(=O)(O)OCC(O)COP(=O)(O)OC[C@@H](COC(=O)CCCCCCCCCCC(C)C)OC(=O)CCCCCCCCCCCCCC(C)C)OC(=O)CCCCCCCCCCCCCCCCC(C)C. The highest BCUT2D eigenvalue weighted by Gasteiger charge is 2.30. The fraction of sp³-hybridized carbons (Fsp3) is 0.947. The summed E-state index contributed by atoms with van der Waals surface area (Å²) < 4.78 is 68.5. The van der Waals surface area contributed by atoms with E-state index in [-0.39, 0.29) is 25.7 Å². The van der Waals surface area contributed by atoms with E-state index in [0.717, 1.165) is 114 Å². The van der Waals surface area contributed by atoms with Crippen LogP contribution in [0.3, 0.4) is 0 Å². The topological polar surface area (TPSA) is 237 Å². The Balaban J connectivity index is 5.26. The van der Waals surface area contributed by atoms with E-state index in [2.05, 4.69) is 55.4 Å². The van der Waals surface area contributed by atoms with Crippen LogP contribution in [0.1, 0.15) is 376 Å². The van der Waals surface area contributed by atoms with Crippen molar-refractivity contribution in [3.63, 3.8) is 0 Å².